The van der Waals surface area contributed by atoms with Gasteiger partial charge in [-0.2, -0.15) is 0 Å². The number of nitrogens with one attached hydrogen (secondary N) is 1. The molecule has 166 valence electrons. The summed E-state index contributed by atoms with van der Waals surface area (Å²) in [5.41, 5.74) is 1.16. The number of halogens is 1. The molecule has 10 heteroatoms. The number of rotatable bonds is 8. The largest absolute Gasteiger partial charge is 0.490 e. The van der Waals surface area contributed by atoms with Gasteiger partial charge in [-0.3, -0.25) is 4.79 Å². The maximum Gasteiger partial charge on any atom is 0.227 e. The van der Waals surface area contributed by atoms with Gasteiger partial charge in [0.15, 0.2) is 32.1 Å². The van der Waals surface area contributed by atoms with E-state index < -0.39 is 27.3 Å². The molecule has 1 amide bonds. The van der Waals surface area contributed by atoms with Crippen molar-refractivity contribution < 1.29 is 26.8 Å². The van der Waals surface area contributed by atoms with E-state index in [1.807, 2.05) is 31.2 Å². The first kappa shape index (κ1) is 22.0. The predicted octanol–water partition coefficient (Wildman–Crippen LogP) is 4.90. The summed E-state index contributed by atoms with van der Waals surface area (Å²) < 4.78 is 49.1. The van der Waals surface area contributed by atoms with Gasteiger partial charge in [-0.1, -0.05) is 12.1 Å². The van der Waals surface area contributed by atoms with Crippen molar-refractivity contribution in [1.29, 1.82) is 0 Å². The third kappa shape index (κ3) is 4.81. The fraction of sp³-hybridized carbons (Fsp3) is 0.182. The quantitative estimate of drug-likeness (QED) is 0.365. The van der Waals surface area contributed by atoms with E-state index in [0.717, 1.165) is 17.5 Å². The zero-order valence-corrected chi connectivity index (χ0v) is 18.6. The van der Waals surface area contributed by atoms with E-state index in [9.17, 15) is 17.6 Å². The van der Waals surface area contributed by atoms with Crippen LogP contribution in [-0.4, -0.2) is 31.7 Å². The van der Waals surface area contributed by atoms with Crippen molar-refractivity contribution in [3.8, 4) is 17.2 Å². The third-order valence-electron chi connectivity index (χ3n) is 4.58. The number of carbonyl (C=O) groups is 1. The monoisotopic (exact) mass is 474 g/mol. The molecule has 2 aromatic heterocycles. The fourth-order valence-electron chi connectivity index (χ4n) is 3.04. The number of sulfone groups is 1. The molecule has 4 rings (SSSR count). The van der Waals surface area contributed by atoms with Crippen LogP contribution in [0.2, 0.25) is 0 Å². The number of nitrogens with zero attached hydrogens (tertiary/aromatic N) is 1. The van der Waals surface area contributed by atoms with Gasteiger partial charge in [0.05, 0.1) is 17.3 Å². The van der Waals surface area contributed by atoms with Gasteiger partial charge in [-0.05, 0) is 43.3 Å². The normalized spacial score (nSPS) is 11.6. The second-order valence-electron chi connectivity index (χ2n) is 6.83. The van der Waals surface area contributed by atoms with Gasteiger partial charge < -0.3 is 14.5 Å². The lowest BCUT2D eigenvalue weighted by Gasteiger charge is -2.04. The highest BCUT2D eigenvalue weighted by Crippen LogP contribution is 2.34. The van der Waals surface area contributed by atoms with Gasteiger partial charge in [0.1, 0.15) is 11.5 Å². The van der Waals surface area contributed by atoms with Crippen LogP contribution in [0.15, 0.2) is 63.2 Å². The lowest BCUT2D eigenvalue weighted by molar-refractivity contribution is -0.115. The number of hydrogen-bond donors (Lipinski definition) is 1. The molecule has 1 N–H and O–H groups in total. The van der Waals surface area contributed by atoms with Crippen molar-refractivity contribution in [2.75, 3.05) is 17.7 Å². The average molecular weight is 475 g/mol. The maximum atomic E-state index is 13.0. The molecule has 0 aliphatic carbocycles. The number of fused-ring (bicyclic) bond motifs is 1. The Balaban J connectivity index is 1.42. The minimum atomic E-state index is -3.70. The number of para-hydroxylation sites is 1. The van der Waals surface area contributed by atoms with Crippen LogP contribution in [0.1, 0.15) is 13.3 Å². The minimum absolute atomic E-state index is 0.0282. The van der Waals surface area contributed by atoms with E-state index in [2.05, 4.69) is 10.3 Å². The van der Waals surface area contributed by atoms with Crippen LogP contribution in [0.4, 0.5) is 9.52 Å². The molecule has 0 radical (unpaired) electrons. The zero-order valence-electron chi connectivity index (χ0n) is 17.0. The summed E-state index contributed by atoms with van der Waals surface area (Å²) in [7, 11) is -3.70. The van der Waals surface area contributed by atoms with Crippen molar-refractivity contribution in [2.45, 2.75) is 18.2 Å². The molecular formula is C22H19FN2O5S2. The van der Waals surface area contributed by atoms with Crippen molar-refractivity contribution in [1.82, 2.24) is 4.98 Å². The summed E-state index contributed by atoms with van der Waals surface area (Å²) in [6.45, 7) is 2.40. The highest BCUT2D eigenvalue weighted by Gasteiger charge is 2.18. The van der Waals surface area contributed by atoms with Crippen LogP contribution in [-0.2, 0) is 14.6 Å². The van der Waals surface area contributed by atoms with E-state index in [1.165, 1.54) is 23.5 Å². The Bertz CT molecular complexity index is 1360. The van der Waals surface area contributed by atoms with E-state index in [1.54, 1.807) is 5.38 Å². The number of furan rings is 1. The molecule has 0 unspecified atom stereocenters. The van der Waals surface area contributed by atoms with Crippen LogP contribution in [0.3, 0.4) is 0 Å². The first-order valence-corrected chi connectivity index (χ1v) is 12.3. The number of hydrogen-bond acceptors (Lipinski definition) is 7. The van der Waals surface area contributed by atoms with Gasteiger partial charge >= 0.3 is 0 Å². The Hall–Kier alpha value is -3.24. The number of benzene rings is 2. The number of anilines is 1. The van der Waals surface area contributed by atoms with Crippen molar-refractivity contribution in [3.63, 3.8) is 0 Å². The number of amides is 1. The number of carbonyl (C=O) groups excluding carboxylic acids is 1. The molecule has 0 spiro atoms. The highest BCUT2D eigenvalue weighted by atomic mass is 32.2. The van der Waals surface area contributed by atoms with Gasteiger partial charge in [0.25, 0.3) is 0 Å². The van der Waals surface area contributed by atoms with Crippen LogP contribution in [0.5, 0.6) is 5.75 Å². The van der Waals surface area contributed by atoms with Crippen LogP contribution in [0, 0.1) is 5.82 Å². The summed E-state index contributed by atoms with van der Waals surface area (Å²) in [6.07, 6.45) is -0.253. The van der Waals surface area contributed by atoms with E-state index in [0.29, 0.717) is 34.5 Å². The second-order valence-corrected chi connectivity index (χ2v) is 9.79. The van der Waals surface area contributed by atoms with E-state index in [-0.39, 0.29) is 11.3 Å². The lowest BCUT2D eigenvalue weighted by Crippen LogP contribution is -2.17. The Labute approximate surface area is 187 Å². The summed E-state index contributed by atoms with van der Waals surface area (Å²) >= 11 is 1.20. The minimum Gasteiger partial charge on any atom is -0.490 e. The van der Waals surface area contributed by atoms with Gasteiger partial charge in [-0.15, -0.1) is 11.3 Å². The average Bonchev–Trinajstić information content (AvgIpc) is 3.40. The molecule has 0 fully saturated rings. The lowest BCUT2D eigenvalue weighted by atomic mass is 10.2. The van der Waals surface area contributed by atoms with Gasteiger partial charge in [0.2, 0.25) is 5.91 Å². The first-order chi connectivity index (χ1) is 15.4. The molecule has 2 aromatic carbocycles. The predicted molar refractivity (Wildman–Crippen MR) is 120 cm³/mol. The smallest absolute Gasteiger partial charge is 0.227 e. The van der Waals surface area contributed by atoms with Gasteiger partial charge in [0, 0.05) is 17.2 Å². The third-order valence-corrected chi connectivity index (χ3v) is 7.07. The number of thiazole rings is 1. The van der Waals surface area contributed by atoms with Crippen molar-refractivity contribution in [3.05, 3.63) is 59.7 Å². The standard InChI is InChI=1S/C22H19FN2O5S2/c1-2-29-18-5-3-4-14-12-19(30-21(14)18)17-13-31-22(24-17)25-20(26)10-11-32(27,28)16-8-6-15(23)7-9-16/h3-9,12-13H,2,10-11H2,1H3,(H,24,25,26). The van der Waals surface area contributed by atoms with E-state index in [4.69, 9.17) is 9.15 Å². The molecule has 32 heavy (non-hydrogen) atoms. The molecular weight excluding hydrogens is 455 g/mol. The summed E-state index contributed by atoms with van der Waals surface area (Å²) in [5, 5.41) is 5.55. The van der Waals surface area contributed by atoms with E-state index >= 15 is 0 Å². The Morgan fingerprint density at radius 3 is 2.75 bits per heavy atom. The Kier molecular flexibility index (Phi) is 6.24. The molecule has 0 atom stereocenters. The Morgan fingerprint density at radius 2 is 2.00 bits per heavy atom. The number of ether oxygens (including phenoxy) is 1. The summed E-state index contributed by atoms with van der Waals surface area (Å²) in [4.78, 5) is 16.6. The molecule has 0 saturated carbocycles. The molecule has 0 aliphatic heterocycles. The summed E-state index contributed by atoms with van der Waals surface area (Å²) in [5.74, 6) is -0.239. The van der Waals surface area contributed by atoms with Crippen LogP contribution in [0.25, 0.3) is 22.4 Å². The fourth-order valence-corrected chi connectivity index (χ4v) is 5.00. The Morgan fingerprint density at radius 1 is 1.22 bits per heavy atom. The highest BCUT2D eigenvalue weighted by molar-refractivity contribution is 7.91. The number of aromatic nitrogens is 1. The molecule has 0 saturated heterocycles. The zero-order chi connectivity index (χ0) is 22.7. The van der Waals surface area contributed by atoms with Crippen LogP contribution < -0.4 is 10.1 Å². The molecule has 7 nitrogen and oxygen atoms in total. The summed E-state index contributed by atoms with van der Waals surface area (Å²) in [6, 6.07) is 11.9. The molecule has 0 aliphatic rings. The molecule has 4 aromatic rings. The topological polar surface area (TPSA) is 98.5 Å². The maximum absolute atomic E-state index is 13.0. The molecule has 2 heterocycles. The SMILES string of the molecule is CCOc1cccc2cc(-c3csc(NC(=O)CCS(=O)(=O)c4ccc(F)cc4)n3)oc12. The van der Waals surface area contributed by atoms with Crippen molar-refractivity contribution >= 4 is 43.2 Å². The van der Waals surface area contributed by atoms with Crippen molar-refractivity contribution in [2.24, 2.45) is 0 Å². The molecule has 0 bridgehead atoms. The van der Waals surface area contributed by atoms with Crippen LogP contribution >= 0.6 is 11.3 Å². The first-order valence-electron chi connectivity index (χ1n) is 9.75. The van der Waals surface area contributed by atoms with Gasteiger partial charge in [-0.25, -0.2) is 17.8 Å². The second kappa shape index (κ2) is 9.09.